The summed E-state index contributed by atoms with van der Waals surface area (Å²) in [4.78, 5) is 15.9. The standard InChI is InChI=1S/C35H36N6.CH4/c1-40-29(20-28-8-2-5-13-32(28)40)22-36-21-25-15-17-26(18-16-25)23-41(24-34-38-30-11-3-4-12-31(30)39-34)33-14-6-9-27-10-7-19-37-35(27)33;/h2-5,7-8,10-13,15-20,33,36H,6,9,14,21-24H2,1H3,(H,38,39);1H4. The number of H-pyrrole nitrogens is 1. The van der Waals surface area contributed by atoms with E-state index >= 15 is 0 Å². The summed E-state index contributed by atoms with van der Waals surface area (Å²) in [6.07, 6.45) is 5.34. The number of hydrogen-bond acceptors (Lipinski definition) is 4. The first-order valence-corrected chi connectivity index (χ1v) is 14.6. The van der Waals surface area contributed by atoms with Crippen LogP contribution in [0.4, 0.5) is 0 Å². The van der Waals surface area contributed by atoms with Crippen LogP contribution in [0.5, 0.6) is 0 Å². The molecule has 1 unspecified atom stereocenters. The number of hydrogen-bond donors (Lipinski definition) is 2. The summed E-state index contributed by atoms with van der Waals surface area (Å²) in [6.45, 7) is 3.28. The number of aromatic amines is 1. The van der Waals surface area contributed by atoms with Gasteiger partial charge in [0.2, 0.25) is 0 Å². The first-order valence-electron chi connectivity index (χ1n) is 14.6. The fourth-order valence-corrected chi connectivity index (χ4v) is 6.34. The van der Waals surface area contributed by atoms with Crippen molar-refractivity contribution < 1.29 is 0 Å². The van der Waals surface area contributed by atoms with Crippen LogP contribution in [0.1, 0.15) is 60.2 Å². The zero-order chi connectivity index (χ0) is 27.6. The minimum Gasteiger partial charge on any atom is -0.346 e. The molecule has 42 heavy (non-hydrogen) atoms. The van der Waals surface area contributed by atoms with Crippen molar-refractivity contribution in [3.8, 4) is 0 Å². The SMILES string of the molecule is C.Cn1c(CNCc2ccc(CN(Cc3nc4ccccc4[nH]3)C3CCCc4cccnc43)cc2)cc2ccccc21. The van der Waals surface area contributed by atoms with Gasteiger partial charge in [0, 0.05) is 44.1 Å². The van der Waals surface area contributed by atoms with Gasteiger partial charge in [-0.1, -0.05) is 68.1 Å². The van der Waals surface area contributed by atoms with Gasteiger partial charge in [-0.2, -0.15) is 0 Å². The Labute approximate surface area is 248 Å². The van der Waals surface area contributed by atoms with E-state index in [1.807, 2.05) is 12.3 Å². The Morgan fingerprint density at radius 2 is 1.71 bits per heavy atom. The van der Waals surface area contributed by atoms with Crippen LogP contribution < -0.4 is 5.32 Å². The summed E-state index contributed by atoms with van der Waals surface area (Å²) < 4.78 is 2.28. The third-order valence-electron chi connectivity index (χ3n) is 8.49. The molecule has 0 saturated heterocycles. The van der Waals surface area contributed by atoms with Gasteiger partial charge in [0.1, 0.15) is 5.82 Å². The molecule has 214 valence electrons. The van der Waals surface area contributed by atoms with Gasteiger partial charge < -0.3 is 14.9 Å². The number of imidazole rings is 1. The molecule has 0 aliphatic heterocycles. The van der Waals surface area contributed by atoms with Crippen molar-refractivity contribution in [3.63, 3.8) is 0 Å². The molecule has 1 aliphatic rings. The largest absolute Gasteiger partial charge is 0.346 e. The Kier molecular flexibility index (Phi) is 8.17. The lowest BCUT2D eigenvalue weighted by Crippen LogP contribution is -2.31. The number of pyridine rings is 1. The maximum absolute atomic E-state index is 4.91. The monoisotopic (exact) mass is 556 g/mol. The van der Waals surface area contributed by atoms with Crippen LogP contribution in [0.3, 0.4) is 0 Å². The fourth-order valence-electron chi connectivity index (χ4n) is 6.34. The molecule has 7 rings (SSSR count). The molecule has 3 aromatic heterocycles. The van der Waals surface area contributed by atoms with Gasteiger partial charge in [-0.05, 0) is 71.7 Å². The van der Waals surface area contributed by atoms with Crippen molar-refractivity contribution in [2.24, 2.45) is 7.05 Å². The number of nitrogens with one attached hydrogen (secondary N) is 2. The topological polar surface area (TPSA) is 61.8 Å². The highest BCUT2D eigenvalue weighted by atomic mass is 15.2. The summed E-state index contributed by atoms with van der Waals surface area (Å²) in [5.41, 5.74) is 9.88. The Morgan fingerprint density at radius 1 is 0.905 bits per heavy atom. The van der Waals surface area contributed by atoms with Crippen molar-refractivity contribution in [2.45, 2.75) is 58.9 Å². The van der Waals surface area contributed by atoms with Gasteiger partial charge in [-0.25, -0.2) is 4.98 Å². The summed E-state index contributed by atoms with van der Waals surface area (Å²) in [5, 5.41) is 4.93. The molecule has 1 atom stereocenters. The van der Waals surface area contributed by atoms with Crippen molar-refractivity contribution in [1.29, 1.82) is 0 Å². The molecule has 0 amide bonds. The van der Waals surface area contributed by atoms with Gasteiger partial charge in [0.15, 0.2) is 0 Å². The van der Waals surface area contributed by atoms with Crippen LogP contribution in [-0.4, -0.2) is 24.4 Å². The molecular weight excluding hydrogens is 516 g/mol. The molecule has 3 heterocycles. The summed E-state index contributed by atoms with van der Waals surface area (Å²) >= 11 is 0. The minimum atomic E-state index is 0. The minimum absolute atomic E-state index is 0. The molecular formula is C36H40N6. The van der Waals surface area contributed by atoms with E-state index in [-0.39, 0.29) is 13.5 Å². The predicted octanol–water partition coefficient (Wildman–Crippen LogP) is 7.46. The molecule has 0 saturated carbocycles. The van der Waals surface area contributed by atoms with E-state index in [9.17, 15) is 0 Å². The highest BCUT2D eigenvalue weighted by molar-refractivity contribution is 5.81. The van der Waals surface area contributed by atoms with Crippen molar-refractivity contribution in [3.05, 3.63) is 131 Å². The smallest absolute Gasteiger partial charge is 0.121 e. The maximum Gasteiger partial charge on any atom is 0.121 e. The third kappa shape index (κ3) is 5.73. The molecule has 0 fully saturated rings. The lowest BCUT2D eigenvalue weighted by Gasteiger charge is -2.34. The van der Waals surface area contributed by atoms with E-state index in [1.165, 1.54) is 45.4 Å². The highest BCUT2D eigenvalue weighted by Crippen LogP contribution is 2.34. The molecule has 0 spiro atoms. The number of rotatable bonds is 9. The zero-order valence-corrected chi connectivity index (χ0v) is 23.6. The average Bonchev–Trinajstić information content (AvgIpc) is 3.57. The van der Waals surface area contributed by atoms with E-state index in [0.29, 0.717) is 0 Å². The van der Waals surface area contributed by atoms with Gasteiger partial charge in [0.25, 0.3) is 0 Å². The van der Waals surface area contributed by atoms with Gasteiger partial charge in [-0.15, -0.1) is 0 Å². The van der Waals surface area contributed by atoms with E-state index < -0.39 is 0 Å². The number of aromatic nitrogens is 4. The zero-order valence-electron chi connectivity index (χ0n) is 23.6. The van der Waals surface area contributed by atoms with Gasteiger partial charge in [0.05, 0.1) is 29.3 Å². The molecule has 2 N–H and O–H groups in total. The van der Waals surface area contributed by atoms with Crippen molar-refractivity contribution in [1.82, 2.24) is 29.7 Å². The fraction of sp³-hybridized carbons (Fsp3) is 0.278. The second kappa shape index (κ2) is 12.3. The molecule has 6 nitrogen and oxygen atoms in total. The van der Waals surface area contributed by atoms with E-state index in [1.54, 1.807) is 0 Å². The van der Waals surface area contributed by atoms with Crippen LogP contribution in [-0.2, 0) is 39.6 Å². The second-order valence-corrected chi connectivity index (χ2v) is 11.2. The number of fused-ring (bicyclic) bond motifs is 3. The predicted molar refractivity (Wildman–Crippen MR) is 172 cm³/mol. The van der Waals surface area contributed by atoms with Gasteiger partial charge >= 0.3 is 0 Å². The molecule has 0 bridgehead atoms. The number of benzene rings is 3. The van der Waals surface area contributed by atoms with E-state index in [4.69, 9.17) is 9.97 Å². The molecule has 6 heteroatoms. The summed E-state index contributed by atoms with van der Waals surface area (Å²) in [5.74, 6) is 1.00. The summed E-state index contributed by atoms with van der Waals surface area (Å²) in [7, 11) is 2.14. The van der Waals surface area contributed by atoms with E-state index in [0.717, 1.165) is 55.9 Å². The normalized spacial score (nSPS) is 14.8. The Hall–Kier alpha value is -4.26. The van der Waals surface area contributed by atoms with Gasteiger partial charge in [-0.3, -0.25) is 9.88 Å². The first kappa shape index (κ1) is 27.9. The number of aryl methyl sites for hydroxylation is 2. The summed E-state index contributed by atoms with van der Waals surface area (Å²) in [6, 6.07) is 32.8. The third-order valence-corrected chi connectivity index (χ3v) is 8.49. The van der Waals surface area contributed by atoms with Crippen molar-refractivity contribution in [2.75, 3.05) is 0 Å². The number of nitrogens with zero attached hydrogens (tertiary/aromatic N) is 4. The molecule has 0 radical (unpaired) electrons. The maximum atomic E-state index is 4.91. The lowest BCUT2D eigenvalue weighted by molar-refractivity contribution is 0.153. The molecule has 6 aromatic rings. The Morgan fingerprint density at radius 3 is 2.57 bits per heavy atom. The van der Waals surface area contributed by atoms with Crippen molar-refractivity contribution >= 4 is 21.9 Å². The number of para-hydroxylation sites is 3. The van der Waals surface area contributed by atoms with Crippen LogP contribution in [0.15, 0.2) is 97.2 Å². The lowest BCUT2D eigenvalue weighted by atomic mass is 9.90. The molecule has 3 aromatic carbocycles. The van der Waals surface area contributed by atoms with Crippen LogP contribution >= 0.6 is 0 Å². The highest BCUT2D eigenvalue weighted by Gasteiger charge is 2.28. The Bertz CT molecular complexity index is 1750. The average molecular weight is 557 g/mol. The quantitative estimate of drug-likeness (QED) is 0.194. The molecule has 1 aliphatic carbocycles. The van der Waals surface area contributed by atoms with Crippen LogP contribution in [0.2, 0.25) is 0 Å². The van der Waals surface area contributed by atoms with Crippen LogP contribution in [0, 0.1) is 0 Å². The second-order valence-electron chi connectivity index (χ2n) is 11.2. The van der Waals surface area contributed by atoms with Crippen LogP contribution in [0.25, 0.3) is 21.9 Å². The van der Waals surface area contributed by atoms with E-state index in [2.05, 4.69) is 112 Å². The Balaban J connectivity index is 0.00000316. The first-order chi connectivity index (χ1) is 20.2.